The second kappa shape index (κ2) is 7.47. The van der Waals surface area contributed by atoms with E-state index in [1.807, 2.05) is 56.2 Å². The predicted molar refractivity (Wildman–Crippen MR) is 97.2 cm³/mol. The Balaban J connectivity index is 2.08. The molecule has 0 saturated heterocycles. The van der Waals surface area contributed by atoms with Gasteiger partial charge in [0.15, 0.2) is 11.5 Å². The fourth-order valence-electron chi connectivity index (χ4n) is 2.51. The molecule has 1 aliphatic rings. The van der Waals surface area contributed by atoms with Crippen molar-refractivity contribution in [1.29, 1.82) is 0 Å². The Morgan fingerprint density at radius 1 is 1.17 bits per heavy atom. The van der Waals surface area contributed by atoms with E-state index in [4.69, 9.17) is 9.47 Å². The molecule has 0 unspecified atom stereocenters. The standard InChI is InChI=1S/C18H28N4O2/c1-13(2)19-18(20(4)5)22(7)14(3)21(6)11-15-8-9-16-17(10-15)24-12-23-16/h8-10,13H,3,11-12H2,1-2,4-7H3. The van der Waals surface area contributed by atoms with Crippen LogP contribution in [-0.4, -0.2) is 61.7 Å². The number of aliphatic imine (C=N–C) groups is 1. The minimum atomic E-state index is 0.219. The van der Waals surface area contributed by atoms with Gasteiger partial charge >= 0.3 is 0 Å². The van der Waals surface area contributed by atoms with E-state index in [0.29, 0.717) is 6.79 Å². The Labute approximate surface area is 145 Å². The molecule has 0 saturated carbocycles. The zero-order valence-electron chi connectivity index (χ0n) is 15.5. The van der Waals surface area contributed by atoms with E-state index in [1.165, 1.54) is 0 Å². The van der Waals surface area contributed by atoms with Gasteiger partial charge in [0.1, 0.15) is 5.82 Å². The Morgan fingerprint density at radius 3 is 2.46 bits per heavy atom. The van der Waals surface area contributed by atoms with Gasteiger partial charge < -0.3 is 24.2 Å². The van der Waals surface area contributed by atoms with E-state index in [0.717, 1.165) is 35.4 Å². The molecule has 0 spiro atoms. The van der Waals surface area contributed by atoms with Crippen LogP contribution in [-0.2, 0) is 6.54 Å². The van der Waals surface area contributed by atoms with Gasteiger partial charge in [0, 0.05) is 40.8 Å². The second-order valence-electron chi connectivity index (χ2n) is 6.44. The van der Waals surface area contributed by atoms with Crippen LogP contribution in [0.3, 0.4) is 0 Å². The first-order valence-corrected chi connectivity index (χ1v) is 8.07. The molecule has 0 fully saturated rings. The van der Waals surface area contributed by atoms with Crippen LogP contribution in [0.25, 0.3) is 0 Å². The maximum Gasteiger partial charge on any atom is 0.231 e. The minimum absolute atomic E-state index is 0.219. The molecule has 0 bridgehead atoms. The lowest BCUT2D eigenvalue weighted by Gasteiger charge is -2.33. The van der Waals surface area contributed by atoms with Crippen molar-refractivity contribution in [3.05, 3.63) is 36.2 Å². The van der Waals surface area contributed by atoms with Gasteiger partial charge in [-0.1, -0.05) is 12.6 Å². The summed E-state index contributed by atoms with van der Waals surface area (Å²) < 4.78 is 10.8. The number of fused-ring (bicyclic) bond motifs is 1. The summed E-state index contributed by atoms with van der Waals surface area (Å²) in [6.45, 7) is 9.37. The molecule has 2 rings (SSSR count). The van der Waals surface area contributed by atoms with Gasteiger partial charge in [-0.15, -0.1) is 0 Å². The SMILES string of the molecule is C=C(N(C)Cc1ccc2c(c1)OCO2)N(C)C(=NC(C)C)N(C)C. The van der Waals surface area contributed by atoms with E-state index in [2.05, 4.69) is 30.3 Å². The molecule has 1 aromatic carbocycles. The Bertz CT molecular complexity index is 625. The van der Waals surface area contributed by atoms with Gasteiger partial charge in [-0.3, -0.25) is 0 Å². The first-order valence-electron chi connectivity index (χ1n) is 8.07. The fraction of sp³-hybridized carbons (Fsp3) is 0.500. The number of benzene rings is 1. The van der Waals surface area contributed by atoms with Crippen LogP contribution < -0.4 is 9.47 Å². The van der Waals surface area contributed by atoms with E-state index in [1.54, 1.807) is 0 Å². The molecule has 1 aliphatic heterocycles. The van der Waals surface area contributed by atoms with Crippen molar-refractivity contribution in [3.63, 3.8) is 0 Å². The summed E-state index contributed by atoms with van der Waals surface area (Å²) in [4.78, 5) is 10.8. The van der Waals surface area contributed by atoms with Crippen molar-refractivity contribution < 1.29 is 9.47 Å². The van der Waals surface area contributed by atoms with Gasteiger partial charge in [-0.2, -0.15) is 0 Å². The molecule has 0 aliphatic carbocycles. The third-order valence-corrected chi connectivity index (χ3v) is 3.76. The van der Waals surface area contributed by atoms with Crippen molar-refractivity contribution >= 4 is 5.96 Å². The molecular formula is C18H28N4O2. The highest BCUT2D eigenvalue weighted by Gasteiger charge is 2.18. The highest BCUT2D eigenvalue weighted by Crippen LogP contribution is 2.32. The highest BCUT2D eigenvalue weighted by atomic mass is 16.7. The number of hydrogen-bond acceptors (Lipinski definition) is 4. The third-order valence-electron chi connectivity index (χ3n) is 3.76. The van der Waals surface area contributed by atoms with Crippen LogP contribution in [0, 0.1) is 0 Å². The summed E-state index contributed by atoms with van der Waals surface area (Å²) in [7, 11) is 7.98. The summed E-state index contributed by atoms with van der Waals surface area (Å²) in [6.07, 6.45) is 0. The van der Waals surface area contributed by atoms with Crippen LogP contribution in [0.1, 0.15) is 19.4 Å². The molecule has 0 amide bonds. The third kappa shape index (κ3) is 4.13. The van der Waals surface area contributed by atoms with Crippen LogP contribution in [0.4, 0.5) is 0 Å². The van der Waals surface area contributed by atoms with E-state index in [-0.39, 0.29) is 6.04 Å². The van der Waals surface area contributed by atoms with E-state index in [9.17, 15) is 0 Å². The van der Waals surface area contributed by atoms with Crippen LogP contribution in [0.5, 0.6) is 11.5 Å². The summed E-state index contributed by atoms with van der Waals surface area (Å²) in [6, 6.07) is 6.23. The van der Waals surface area contributed by atoms with Gasteiger partial charge in [0.2, 0.25) is 12.8 Å². The van der Waals surface area contributed by atoms with Crippen molar-refractivity contribution in [2.75, 3.05) is 35.0 Å². The van der Waals surface area contributed by atoms with Gasteiger partial charge in [0.25, 0.3) is 0 Å². The van der Waals surface area contributed by atoms with Crippen molar-refractivity contribution in [2.24, 2.45) is 4.99 Å². The highest BCUT2D eigenvalue weighted by molar-refractivity contribution is 5.81. The number of rotatable bonds is 5. The molecule has 1 aromatic rings. The largest absolute Gasteiger partial charge is 0.454 e. The Hall–Kier alpha value is -2.37. The monoisotopic (exact) mass is 332 g/mol. The average molecular weight is 332 g/mol. The van der Waals surface area contributed by atoms with Crippen LogP contribution in [0.15, 0.2) is 35.6 Å². The summed E-state index contributed by atoms with van der Waals surface area (Å²) in [5.74, 6) is 3.36. The fourth-order valence-corrected chi connectivity index (χ4v) is 2.51. The average Bonchev–Trinajstić information content (AvgIpc) is 2.98. The van der Waals surface area contributed by atoms with Gasteiger partial charge in [-0.05, 0) is 31.5 Å². The number of ether oxygens (including phenoxy) is 2. The summed E-state index contributed by atoms with van der Waals surface area (Å²) in [5.41, 5.74) is 1.14. The zero-order valence-corrected chi connectivity index (χ0v) is 15.5. The summed E-state index contributed by atoms with van der Waals surface area (Å²) in [5, 5.41) is 0. The molecule has 0 aromatic heterocycles. The van der Waals surface area contributed by atoms with Crippen LogP contribution in [0.2, 0.25) is 0 Å². The lowest BCUT2D eigenvalue weighted by molar-refractivity contribution is 0.174. The first kappa shape index (κ1) is 18.0. The van der Waals surface area contributed by atoms with E-state index < -0.39 is 0 Å². The van der Waals surface area contributed by atoms with Crippen molar-refractivity contribution in [1.82, 2.24) is 14.7 Å². The topological polar surface area (TPSA) is 40.5 Å². The lowest BCUT2D eigenvalue weighted by Crippen LogP contribution is -2.41. The maximum absolute atomic E-state index is 5.44. The quantitative estimate of drug-likeness (QED) is 0.612. The Kier molecular flexibility index (Phi) is 5.59. The molecule has 132 valence electrons. The first-order chi connectivity index (χ1) is 11.3. The maximum atomic E-state index is 5.44. The minimum Gasteiger partial charge on any atom is -0.454 e. The summed E-state index contributed by atoms with van der Waals surface area (Å²) >= 11 is 0. The molecular weight excluding hydrogens is 304 g/mol. The normalized spacial score (nSPS) is 13.2. The predicted octanol–water partition coefficient (Wildman–Crippen LogP) is 2.58. The van der Waals surface area contributed by atoms with Crippen molar-refractivity contribution in [3.8, 4) is 11.5 Å². The number of hydrogen-bond donors (Lipinski definition) is 0. The second-order valence-corrected chi connectivity index (χ2v) is 6.44. The van der Waals surface area contributed by atoms with Crippen LogP contribution >= 0.6 is 0 Å². The van der Waals surface area contributed by atoms with Gasteiger partial charge in [0.05, 0.1) is 0 Å². The number of nitrogens with zero attached hydrogens (tertiary/aromatic N) is 4. The lowest BCUT2D eigenvalue weighted by atomic mass is 10.2. The molecule has 0 atom stereocenters. The molecule has 0 radical (unpaired) electrons. The smallest absolute Gasteiger partial charge is 0.231 e. The van der Waals surface area contributed by atoms with Gasteiger partial charge in [-0.25, -0.2) is 4.99 Å². The molecule has 1 heterocycles. The van der Waals surface area contributed by atoms with Crippen molar-refractivity contribution in [2.45, 2.75) is 26.4 Å². The molecule has 24 heavy (non-hydrogen) atoms. The molecule has 0 N–H and O–H groups in total. The molecule has 6 nitrogen and oxygen atoms in total. The Morgan fingerprint density at radius 2 is 1.83 bits per heavy atom. The van der Waals surface area contributed by atoms with E-state index >= 15 is 0 Å². The molecule has 6 heteroatoms. The zero-order chi connectivity index (χ0) is 17.9. The number of guanidine groups is 1.